The lowest BCUT2D eigenvalue weighted by atomic mass is 10.1. The molecule has 1 N–H and O–H groups in total. The van der Waals surface area contributed by atoms with Crippen LogP contribution in [0.3, 0.4) is 0 Å². The number of imide groups is 1. The predicted molar refractivity (Wildman–Crippen MR) is 54.1 cm³/mol. The minimum absolute atomic E-state index is 0.0981. The molecule has 1 saturated heterocycles. The summed E-state index contributed by atoms with van der Waals surface area (Å²) in [7, 11) is 2.18. The lowest BCUT2D eigenvalue weighted by Crippen LogP contribution is -2.46. The molecule has 0 bridgehead atoms. The summed E-state index contributed by atoms with van der Waals surface area (Å²) in [6.07, 6.45) is 0.196. The van der Waals surface area contributed by atoms with Gasteiger partial charge in [0.25, 0.3) is 11.8 Å². The first kappa shape index (κ1) is 12.1. The zero-order valence-corrected chi connectivity index (χ0v) is 9.73. The zero-order valence-electron chi connectivity index (χ0n) is 8.57. The largest absolute Gasteiger partial charge is 0.352 e. The molecule has 1 heterocycles. The van der Waals surface area contributed by atoms with E-state index >= 15 is 0 Å². The van der Waals surface area contributed by atoms with E-state index in [1.54, 1.807) is 13.8 Å². The molecule has 1 atom stereocenters. The fraction of sp³-hybridized carbons (Fsp3) is 0.625. The summed E-state index contributed by atoms with van der Waals surface area (Å²) < 4.78 is 0. The first-order valence-electron chi connectivity index (χ1n) is 4.44. The van der Waals surface area contributed by atoms with Crippen LogP contribution in [0.4, 0.5) is 0 Å². The smallest absolute Gasteiger partial charge is 0.328 e. The molecule has 84 valence electrons. The van der Waals surface area contributed by atoms with E-state index in [1.165, 1.54) is 0 Å². The Morgan fingerprint density at radius 1 is 1.40 bits per heavy atom. The van der Waals surface area contributed by atoms with Gasteiger partial charge in [-0.25, -0.2) is 4.79 Å². The molecule has 0 saturated carbocycles. The summed E-state index contributed by atoms with van der Waals surface area (Å²) in [5, 5.41) is 3.17. The highest BCUT2D eigenvalue weighted by atomic mass is 31.0. The van der Waals surface area contributed by atoms with Crippen LogP contribution in [-0.2, 0) is 19.2 Å². The van der Waals surface area contributed by atoms with Gasteiger partial charge in [0.05, 0.1) is 0 Å². The van der Waals surface area contributed by atoms with Crippen molar-refractivity contribution in [2.75, 3.05) is 0 Å². The number of carbonyl (C=O) groups is 3. The molecular formula is C8H13N2O4P. The van der Waals surface area contributed by atoms with Crippen molar-refractivity contribution < 1.29 is 19.2 Å². The van der Waals surface area contributed by atoms with E-state index in [-0.39, 0.29) is 12.8 Å². The van der Waals surface area contributed by atoms with Crippen LogP contribution >= 0.6 is 9.39 Å². The minimum Gasteiger partial charge on any atom is -0.328 e. The van der Waals surface area contributed by atoms with E-state index < -0.39 is 23.3 Å². The van der Waals surface area contributed by atoms with Crippen LogP contribution in [0.15, 0.2) is 0 Å². The van der Waals surface area contributed by atoms with E-state index in [2.05, 4.69) is 14.5 Å². The monoisotopic (exact) mass is 232 g/mol. The highest BCUT2D eigenvalue weighted by molar-refractivity contribution is 7.13. The number of amides is 2. The predicted octanol–water partition coefficient (Wildman–Crippen LogP) is -0.248. The number of hydrogen-bond donors (Lipinski definition) is 1. The first-order chi connectivity index (χ1) is 6.88. The van der Waals surface area contributed by atoms with Gasteiger partial charge in [-0.1, -0.05) is 9.39 Å². The number of hydroxylamine groups is 2. The van der Waals surface area contributed by atoms with Gasteiger partial charge >= 0.3 is 5.97 Å². The van der Waals surface area contributed by atoms with Gasteiger partial charge in [0.1, 0.15) is 5.54 Å². The fourth-order valence-corrected chi connectivity index (χ4v) is 1.03. The van der Waals surface area contributed by atoms with E-state index in [1.807, 2.05) is 0 Å². The second-order valence-electron chi connectivity index (χ2n) is 3.73. The molecule has 6 nitrogen and oxygen atoms in total. The lowest BCUT2D eigenvalue weighted by molar-refractivity contribution is -0.201. The number of hydrogen-bond acceptors (Lipinski definition) is 5. The summed E-state index contributed by atoms with van der Waals surface area (Å²) in [6, 6.07) is 0. The van der Waals surface area contributed by atoms with Crippen molar-refractivity contribution in [3.63, 3.8) is 0 Å². The molecule has 0 aromatic carbocycles. The number of rotatable bonds is 3. The Morgan fingerprint density at radius 3 is 2.27 bits per heavy atom. The third kappa shape index (κ3) is 2.52. The van der Waals surface area contributed by atoms with Crippen LogP contribution in [0, 0.1) is 0 Å². The van der Waals surface area contributed by atoms with Gasteiger partial charge in [-0.2, -0.15) is 0 Å². The van der Waals surface area contributed by atoms with Crippen molar-refractivity contribution in [2.45, 2.75) is 32.2 Å². The molecule has 2 amide bonds. The molecule has 1 unspecified atom stereocenters. The summed E-state index contributed by atoms with van der Waals surface area (Å²) >= 11 is 0. The maximum absolute atomic E-state index is 11.5. The van der Waals surface area contributed by atoms with Gasteiger partial charge in [-0.3, -0.25) is 14.7 Å². The van der Waals surface area contributed by atoms with Crippen molar-refractivity contribution in [3.8, 4) is 0 Å². The molecule has 1 fully saturated rings. The third-order valence-corrected chi connectivity index (χ3v) is 2.77. The Hall–Kier alpha value is -1.00. The van der Waals surface area contributed by atoms with Crippen LogP contribution in [0.25, 0.3) is 0 Å². The van der Waals surface area contributed by atoms with Gasteiger partial charge in [0, 0.05) is 12.8 Å². The highest BCUT2D eigenvalue weighted by Crippen LogP contribution is 2.15. The Bertz CT molecular complexity index is 300. The molecule has 0 aliphatic carbocycles. The SMILES string of the molecule is CC(C)(NP)C(=O)ON1C(=O)CCC1=O. The summed E-state index contributed by atoms with van der Waals surface area (Å²) in [6.45, 7) is 3.15. The molecule has 0 aromatic rings. The standard InChI is InChI=1S/C8H13N2O4P/c1-8(2,9-15)7(13)14-10-5(11)3-4-6(10)12/h9H,3-4,15H2,1-2H3. The average Bonchev–Trinajstić information content (AvgIpc) is 2.49. The Balaban J connectivity index is 2.66. The number of nitrogens with one attached hydrogen (secondary N) is 1. The van der Waals surface area contributed by atoms with Crippen molar-refractivity contribution in [3.05, 3.63) is 0 Å². The first-order valence-corrected chi connectivity index (χ1v) is 5.02. The highest BCUT2D eigenvalue weighted by Gasteiger charge is 2.37. The molecule has 0 spiro atoms. The Kier molecular flexibility index (Phi) is 3.42. The van der Waals surface area contributed by atoms with Gasteiger partial charge in [0.2, 0.25) is 0 Å². The quantitative estimate of drug-likeness (QED) is 0.536. The summed E-state index contributed by atoms with van der Waals surface area (Å²) in [4.78, 5) is 38.5. The van der Waals surface area contributed by atoms with Crippen molar-refractivity contribution in [2.24, 2.45) is 0 Å². The molecular weight excluding hydrogens is 219 g/mol. The molecule has 1 aliphatic rings. The van der Waals surface area contributed by atoms with Crippen molar-refractivity contribution in [1.82, 2.24) is 10.2 Å². The number of nitrogens with zero attached hydrogens (tertiary/aromatic N) is 1. The molecule has 7 heteroatoms. The van der Waals surface area contributed by atoms with E-state index in [4.69, 9.17) is 4.84 Å². The van der Waals surface area contributed by atoms with Crippen LogP contribution < -0.4 is 5.09 Å². The molecule has 0 aromatic heterocycles. The molecule has 15 heavy (non-hydrogen) atoms. The third-order valence-electron chi connectivity index (χ3n) is 2.05. The average molecular weight is 232 g/mol. The zero-order chi connectivity index (χ0) is 11.6. The maximum atomic E-state index is 11.5. The van der Waals surface area contributed by atoms with E-state index in [9.17, 15) is 14.4 Å². The topological polar surface area (TPSA) is 75.7 Å². The second kappa shape index (κ2) is 4.24. The normalized spacial score (nSPS) is 17.1. The Morgan fingerprint density at radius 2 is 1.87 bits per heavy atom. The van der Waals surface area contributed by atoms with Crippen molar-refractivity contribution in [1.29, 1.82) is 0 Å². The summed E-state index contributed by atoms with van der Waals surface area (Å²) in [5.74, 6) is -1.64. The minimum atomic E-state index is -0.964. The van der Waals surface area contributed by atoms with Crippen LogP contribution in [0.1, 0.15) is 26.7 Å². The second-order valence-corrected chi connectivity index (χ2v) is 4.02. The van der Waals surface area contributed by atoms with E-state index in [0.29, 0.717) is 5.06 Å². The summed E-state index contributed by atoms with van der Waals surface area (Å²) in [5.41, 5.74) is -0.964. The van der Waals surface area contributed by atoms with Gasteiger partial charge < -0.3 is 4.84 Å². The van der Waals surface area contributed by atoms with Gasteiger partial charge in [0.15, 0.2) is 0 Å². The molecule has 1 rings (SSSR count). The molecule has 1 aliphatic heterocycles. The Labute approximate surface area is 89.5 Å². The fourth-order valence-electron chi connectivity index (χ4n) is 0.914. The lowest BCUT2D eigenvalue weighted by Gasteiger charge is -2.23. The van der Waals surface area contributed by atoms with Crippen molar-refractivity contribution >= 4 is 27.2 Å². The van der Waals surface area contributed by atoms with Gasteiger partial charge in [-0.05, 0) is 13.8 Å². The maximum Gasteiger partial charge on any atom is 0.352 e. The van der Waals surface area contributed by atoms with Gasteiger partial charge in [-0.15, -0.1) is 5.06 Å². The van der Waals surface area contributed by atoms with E-state index in [0.717, 1.165) is 0 Å². The van der Waals surface area contributed by atoms with Crippen LogP contribution in [0.2, 0.25) is 0 Å². The van der Waals surface area contributed by atoms with Crippen LogP contribution in [0.5, 0.6) is 0 Å². The number of carbonyl (C=O) groups excluding carboxylic acids is 3. The molecule has 0 radical (unpaired) electrons. The van der Waals surface area contributed by atoms with Crippen LogP contribution in [-0.4, -0.2) is 28.4 Å².